The number of rotatable bonds is 7. The summed E-state index contributed by atoms with van der Waals surface area (Å²) in [5.74, 6) is 1.94. The summed E-state index contributed by atoms with van der Waals surface area (Å²) in [6.45, 7) is 3.57. The number of hydrogen-bond donors (Lipinski definition) is 1. The van der Waals surface area contributed by atoms with E-state index >= 15 is 0 Å². The molecular formula is C20H22FN3O4. The molecule has 0 radical (unpaired) electrons. The Balaban J connectivity index is 1.83. The van der Waals surface area contributed by atoms with Crippen molar-refractivity contribution in [3.8, 4) is 28.6 Å². The van der Waals surface area contributed by atoms with Crippen LogP contribution in [-0.2, 0) is 0 Å². The average Bonchev–Trinajstić information content (AvgIpc) is 3.19. The Morgan fingerprint density at radius 2 is 1.71 bits per heavy atom. The van der Waals surface area contributed by atoms with Crippen LogP contribution in [0.1, 0.15) is 24.4 Å². The van der Waals surface area contributed by atoms with Gasteiger partial charge in [0.15, 0.2) is 11.5 Å². The molecule has 1 heterocycles. The van der Waals surface area contributed by atoms with Crippen molar-refractivity contribution in [2.45, 2.75) is 19.9 Å². The Hall–Kier alpha value is -3.29. The first-order chi connectivity index (χ1) is 13.5. The molecule has 3 rings (SSSR count). The molecular weight excluding hydrogens is 365 g/mol. The molecule has 0 bridgehead atoms. The lowest BCUT2D eigenvalue weighted by Gasteiger charge is -2.16. The molecule has 0 aliphatic rings. The van der Waals surface area contributed by atoms with Gasteiger partial charge in [-0.3, -0.25) is 0 Å². The summed E-state index contributed by atoms with van der Waals surface area (Å²) in [4.78, 5) is 4.37. The van der Waals surface area contributed by atoms with Crippen LogP contribution in [0.2, 0.25) is 0 Å². The molecule has 28 heavy (non-hydrogen) atoms. The zero-order valence-corrected chi connectivity index (χ0v) is 16.4. The van der Waals surface area contributed by atoms with E-state index in [1.54, 1.807) is 52.5 Å². The van der Waals surface area contributed by atoms with Crippen molar-refractivity contribution in [3.05, 3.63) is 47.6 Å². The fourth-order valence-corrected chi connectivity index (χ4v) is 2.74. The van der Waals surface area contributed by atoms with Gasteiger partial charge in [0.25, 0.3) is 0 Å². The van der Waals surface area contributed by atoms with E-state index in [0.717, 1.165) is 5.69 Å². The fraction of sp³-hybridized carbons (Fsp3) is 0.300. The number of halogens is 1. The molecule has 148 valence electrons. The SMILES string of the molecule is COc1cc(NC(C)c2nc(-c3ccc(C)c(F)c3)no2)cc(OC)c1OC. The summed E-state index contributed by atoms with van der Waals surface area (Å²) in [7, 11) is 4.65. The lowest BCUT2D eigenvalue weighted by molar-refractivity contribution is 0.324. The Bertz CT molecular complexity index is 949. The van der Waals surface area contributed by atoms with Crippen LogP contribution in [0.3, 0.4) is 0 Å². The van der Waals surface area contributed by atoms with E-state index in [1.807, 2.05) is 6.92 Å². The molecule has 0 amide bonds. The minimum absolute atomic E-state index is 0.306. The second kappa shape index (κ2) is 8.16. The van der Waals surface area contributed by atoms with Crippen molar-refractivity contribution in [3.63, 3.8) is 0 Å². The van der Waals surface area contributed by atoms with Crippen LogP contribution in [0.15, 0.2) is 34.9 Å². The third-order valence-corrected chi connectivity index (χ3v) is 4.29. The maximum Gasteiger partial charge on any atom is 0.249 e. The number of aromatic nitrogens is 2. The highest BCUT2D eigenvalue weighted by Crippen LogP contribution is 2.40. The molecule has 1 N–H and O–H groups in total. The van der Waals surface area contributed by atoms with Gasteiger partial charge < -0.3 is 24.1 Å². The van der Waals surface area contributed by atoms with Crippen molar-refractivity contribution in [1.82, 2.24) is 10.1 Å². The minimum atomic E-state index is -0.313. The monoisotopic (exact) mass is 387 g/mol. The molecule has 0 saturated carbocycles. The molecule has 0 fully saturated rings. The van der Waals surface area contributed by atoms with Gasteiger partial charge >= 0.3 is 0 Å². The summed E-state index contributed by atoms with van der Waals surface area (Å²) >= 11 is 0. The number of aryl methyl sites for hydroxylation is 1. The summed E-state index contributed by atoms with van der Waals surface area (Å²) in [5.41, 5.74) is 1.84. The van der Waals surface area contributed by atoms with E-state index in [-0.39, 0.29) is 11.9 Å². The molecule has 2 aromatic carbocycles. The van der Waals surface area contributed by atoms with Crippen molar-refractivity contribution in [1.29, 1.82) is 0 Å². The second-order valence-electron chi connectivity index (χ2n) is 6.20. The fourth-order valence-electron chi connectivity index (χ4n) is 2.74. The van der Waals surface area contributed by atoms with Gasteiger partial charge in [-0.05, 0) is 25.5 Å². The third-order valence-electron chi connectivity index (χ3n) is 4.29. The van der Waals surface area contributed by atoms with Crippen LogP contribution in [0.4, 0.5) is 10.1 Å². The van der Waals surface area contributed by atoms with Crippen LogP contribution < -0.4 is 19.5 Å². The Morgan fingerprint density at radius 1 is 1.04 bits per heavy atom. The third kappa shape index (κ3) is 3.85. The minimum Gasteiger partial charge on any atom is -0.493 e. The largest absolute Gasteiger partial charge is 0.493 e. The average molecular weight is 387 g/mol. The summed E-state index contributed by atoms with van der Waals surface area (Å²) in [6.07, 6.45) is 0. The number of anilines is 1. The zero-order chi connectivity index (χ0) is 20.3. The van der Waals surface area contributed by atoms with Crippen LogP contribution in [0.5, 0.6) is 17.2 Å². The first kappa shape index (κ1) is 19.5. The molecule has 1 aromatic heterocycles. The highest BCUT2D eigenvalue weighted by Gasteiger charge is 2.18. The predicted molar refractivity (Wildman–Crippen MR) is 103 cm³/mol. The first-order valence-corrected chi connectivity index (χ1v) is 8.63. The van der Waals surface area contributed by atoms with Crippen LogP contribution >= 0.6 is 0 Å². The topological polar surface area (TPSA) is 78.6 Å². The molecule has 3 aromatic rings. The highest BCUT2D eigenvalue weighted by molar-refractivity contribution is 5.63. The van der Waals surface area contributed by atoms with E-state index in [1.165, 1.54) is 6.07 Å². The Morgan fingerprint density at radius 3 is 2.29 bits per heavy atom. The van der Waals surface area contributed by atoms with Crippen LogP contribution in [-0.4, -0.2) is 31.5 Å². The first-order valence-electron chi connectivity index (χ1n) is 8.63. The van der Waals surface area contributed by atoms with Gasteiger partial charge in [0.05, 0.1) is 21.3 Å². The van der Waals surface area contributed by atoms with Gasteiger partial charge in [-0.2, -0.15) is 4.98 Å². The van der Waals surface area contributed by atoms with Crippen molar-refractivity contribution < 1.29 is 23.1 Å². The number of hydrogen-bond acceptors (Lipinski definition) is 7. The Kier molecular flexibility index (Phi) is 5.67. The lowest BCUT2D eigenvalue weighted by atomic mass is 10.1. The van der Waals surface area contributed by atoms with Crippen LogP contribution in [0.25, 0.3) is 11.4 Å². The predicted octanol–water partition coefficient (Wildman–Crippen LogP) is 4.38. The number of nitrogens with zero attached hydrogens (tertiary/aromatic N) is 2. The number of benzene rings is 2. The smallest absolute Gasteiger partial charge is 0.249 e. The van der Waals surface area contributed by atoms with E-state index in [4.69, 9.17) is 18.7 Å². The van der Waals surface area contributed by atoms with Crippen LogP contribution in [0, 0.1) is 12.7 Å². The molecule has 7 nitrogen and oxygen atoms in total. The summed E-state index contributed by atoms with van der Waals surface area (Å²) < 4.78 is 35.2. The Labute approximate surface area is 162 Å². The molecule has 0 spiro atoms. The molecule has 1 unspecified atom stereocenters. The van der Waals surface area contributed by atoms with E-state index in [2.05, 4.69) is 15.5 Å². The highest BCUT2D eigenvalue weighted by atomic mass is 19.1. The van der Waals surface area contributed by atoms with E-state index in [9.17, 15) is 4.39 Å². The van der Waals surface area contributed by atoms with Crippen molar-refractivity contribution >= 4 is 5.69 Å². The standard InChI is InChI=1S/C20H22FN3O4/c1-11-6-7-13(8-15(11)21)19-23-20(28-24-19)12(2)22-14-9-16(25-3)18(27-5)17(10-14)26-4/h6-10,12,22H,1-5H3. The number of nitrogens with one attached hydrogen (secondary N) is 1. The molecule has 0 aliphatic carbocycles. The summed E-state index contributed by atoms with van der Waals surface area (Å²) in [5, 5.41) is 7.21. The molecule has 1 atom stereocenters. The van der Waals surface area contributed by atoms with Crippen molar-refractivity contribution in [2.75, 3.05) is 26.6 Å². The van der Waals surface area contributed by atoms with Gasteiger partial charge in [-0.1, -0.05) is 17.3 Å². The maximum atomic E-state index is 13.8. The van der Waals surface area contributed by atoms with E-state index in [0.29, 0.717) is 40.1 Å². The van der Waals surface area contributed by atoms with Gasteiger partial charge in [-0.15, -0.1) is 0 Å². The van der Waals surface area contributed by atoms with Gasteiger partial charge in [-0.25, -0.2) is 4.39 Å². The second-order valence-corrected chi connectivity index (χ2v) is 6.20. The van der Waals surface area contributed by atoms with Gasteiger partial charge in [0, 0.05) is 23.4 Å². The molecule has 0 saturated heterocycles. The maximum absolute atomic E-state index is 13.8. The molecule has 0 aliphatic heterocycles. The number of methoxy groups -OCH3 is 3. The number of ether oxygens (including phenoxy) is 3. The van der Waals surface area contributed by atoms with E-state index < -0.39 is 0 Å². The normalized spacial score (nSPS) is 11.8. The van der Waals surface area contributed by atoms with Gasteiger partial charge in [0.2, 0.25) is 17.5 Å². The molecule has 8 heteroatoms. The van der Waals surface area contributed by atoms with Crippen molar-refractivity contribution in [2.24, 2.45) is 0 Å². The van der Waals surface area contributed by atoms with Gasteiger partial charge in [0.1, 0.15) is 11.9 Å². The lowest BCUT2D eigenvalue weighted by Crippen LogP contribution is -2.08. The summed E-state index contributed by atoms with van der Waals surface area (Å²) in [6, 6.07) is 8.08. The quantitative estimate of drug-likeness (QED) is 0.644. The zero-order valence-electron chi connectivity index (χ0n) is 16.4.